The molecule has 1 aliphatic rings. The number of hydrogen-bond acceptors (Lipinski definition) is 4. The number of para-hydroxylation sites is 1. The summed E-state index contributed by atoms with van der Waals surface area (Å²) in [6, 6.07) is 11.7. The monoisotopic (exact) mass is 344 g/mol. The highest BCUT2D eigenvalue weighted by Gasteiger charge is 2.24. The third-order valence-corrected chi connectivity index (χ3v) is 4.13. The molecule has 0 bridgehead atoms. The van der Waals surface area contributed by atoms with Crippen molar-refractivity contribution in [3.63, 3.8) is 0 Å². The number of halogens is 1. The Hall–Kier alpha value is -2.63. The smallest absolute Gasteiger partial charge is 0.260 e. The number of nitrogens with zero attached hydrogens (tertiary/aromatic N) is 2. The van der Waals surface area contributed by atoms with Crippen molar-refractivity contribution in [1.29, 1.82) is 0 Å². The number of ether oxygens (including phenoxy) is 2. The molecule has 1 saturated heterocycles. The van der Waals surface area contributed by atoms with Crippen LogP contribution in [-0.4, -0.2) is 41.6 Å². The lowest BCUT2D eigenvalue weighted by Gasteiger charge is -2.31. The fourth-order valence-electron chi connectivity index (χ4n) is 2.77. The summed E-state index contributed by atoms with van der Waals surface area (Å²) in [6.07, 6.45) is 1.52. The number of aromatic nitrogens is 1. The maximum absolute atomic E-state index is 13.5. The van der Waals surface area contributed by atoms with Gasteiger partial charge in [-0.15, -0.1) is 0 Å². The summed E-state index contributed by atoms with van der Waals surface area (Å²) in [7, 11) is 0. The van der Waals surface area contributed by atoms with E-state index >= 15 is 0 Å². The Morgan fingerprint density at radius 1 is 1.20 bits per heavy atom. The molecule has 1 fully saturated rings. The molecular weight excluding hydrogens is 323 g/mol. The van der Waals surface area contributed by atoms with Gasteiger partial charge in [0.1, 0.15) is 6.10 Å². The second-order valence-corrected chi connectivity index (χ2v) is 6.03. The van der Waals surface area contributed by atoms with E-state index in [1.54, 1.807) is 17.0 Å². The molecule has 132 valence electrons. The quantitative estimate of drug-likeness (QED) is 0.837. The molecule has 5 nitrogen and oxygen atoms in total. The highest BCUT2D eigenvalue weighted by Crippen LogP contribution is 2.19. The van der Waals surface area contributed by atoms with Crippen LogP contribution in [0.4, 0.5) is 4.39 Å². The molecule has 25 heavy (non-hydrogen) atoms. The van der Waals surface area contributed by atoms with Crippen molar-refractivity contribution in [2.75, 3.05) is 19.7 Å². The van der Waals surface area contributed by atoms with Crippen molar-refractivity contribution in [3.8, 4) is 11.6 Å². The third-order valence-electron chi connectivity index (χ3n) is 4.13. The molecule has 6 heteroatoms. The van der Waals surface area contributed by atoms with E-state index in [0.717, 1.165) is 18.5 Å². The van der Waals surface area contributed by atoms with Gasteiger partial charge in [0.05, 0.1) is 0 Å². The standard InChI is InChI=1S/C19H21FN2O3/c1-14-5-4-8-18(21-14)25-15-9-11-22(12-10-15)19(23)13-24-17-7-3-2-6-16(17)20/h2-8,15H,9-13H2,1H3. The van der Waals surface area contributed by atoms with Gasteiger partial charge in [0.2, 0.25) is 5.88 Å². The largest absolute Gasteiger partial charge is 0.481 e. The summed E-state index contributed by atoms with van der Waals surface area (Å²) < 4.78 is 24.7. The molecule has 2 heterocycles. The highest BCUT2D eigenvalue weighted by atomic mass is 19.1. The first-order chi connectivity index (χ1) is 12.1. The summed E-state index contributed by atoms with van der Waals surface area (Å²) in [5.74, 6) is 0.107. The number of aryl methyl sites for hydroxylation is 1. The molecule has 0 saturated carbocycles. The van der Waals surface area contributed by atoms with Crippen molar-refractivity contribution in [2.24, 2.45) is 0 Å². The molecular formula is C19H21FN2O3. The predicted molar refractivity (Wildman–Crippen MR) is 91.1 cm³/mol. The van der Waals surface area contributed by atoms with Crippen LogP contribution in [0.5, 0.6) is 11.6 Å². The van der Waals surface area contributed by atoms with E-state index < -0.39 is 5.82 Å². The Bertz CT molecular complexity index is 730. The van der Waals surface area contributed by atoms with Gasteiger partial charge in [-0.3, -0.25) is 4.79 Å². The molecule has 0 spiro atoms. The first-order valence-electron chi connectivity index (χ1n) is 8.37. The van der Waals surface area contributed by atoms with Gasteiger partial charge in [0.25, 0.3) is 5.91 Å². The maximum Gasteiger partial charge on any atom is 0.260 e. The lowest BCUT2D eigenvalue weighted by Crippen LogP contribution is -2.43. The molecule has 0 unspecified atom stereocenters. The number of benzene rings is 1. The molecule has 1 amide bonds. The summed E-state index contributed by atoms with van der Waals surface area (Å²) in [4.78, 5) is 18.3. The van der Waals surface area contributed by atoms with Gasteiger partial charge in [-0.2, -0.15) is 0 Å². The average Bonchev–Trinajstić information content (AvgIpc) is 2.61. The van der Waals surface area contributed by atoms with Gasteiger partial charge in [0.15, 0.2) is 18.2 Å². The zero-order valence-corrected chi connectivity index (χ0v) is 14.2. The van der Waals surface area contributed by atoms with Gasteiger partial charge >= 0.3 is 0 Å². The molecule has 2 aromatic rings. The van der Waals surface area contributed by atoms with E-state index in [9.17, 15) is 9.18 Å². The van der Waals surface area contributed by atoms with E-state index in [1.165, 1.54) is 12.1 Å². The van der Waals surface area contributed by atoms with Crippen molar-refractivity contribution < 1.29 is 18.7 Å². The summed E-state index contributed by atoms with van der Waals surface area (Å²) in [5, 5.41) is 0. The Morgan fingerprint density at radius 3 is 2.68 bits per heavy atom. The van der Waals surface area contributed by atoms with E-state index in [1.807, 2.05) is 25.1 Å². The minimum absolute atomic E-state index is 0.0471. The van der Waals surface area contributed by atoms with Crippen LogP contribution >= 0.6 is 0 Å². The van der Waals surface area contributed by atoms with Crippen LogP contribution in [0.15, 0.2) is 42.5 Å². The second-order valence-electron chi connectivity index (χ2n) is 6.03. The lowest BCUT2D eigenvalue weighted by atomic mass is 10.1. The molecule has 0 radical (unpaired) electrons. The first kappa shape index (κ1) is 17.2. The highest BCUT2D eigenvalue weighted by molar-refractivity contribution is 5.77. The van der Waals surface area contributed by atoms with Crippen LogP contribution in [-0.2, 0) is 4.79 Å². The van der Waals surface area contributed by atoms with Gasteiger partial charge in [0, 0.05) is 37.7 Å². The van der Waals surface area contributed by atoms with Crippen LogP contribution in [0.1, 0.15) is 18.5 Å². The van der Waals surface area contributed by atoms with Crippen LogP contribution in [0.25, 0.3) is 0 Å². The fraction of sp³-hybridized carbons (Fsp3) is 0.368. The summed E-state index contributed by atoms with van der Waals surface area (Å²) in [5.41, 5.74) is 0.912. The molecule has 1 aromatic carbocycles. The average molecular weight is 344 g/mol. The third kappa shape index (κ3) is 4.68. The van der Waals surface area contributed by atoms with Crippen LogP contribution in [0.2, 0.25) is 0 Å². The number of hydrogen-bond donors (Lipinski definition) is 0. The predicted octanol–water partition coefficient (Wildman–Crippen LogP) is 2.98. The van der Waals surface area contributed by atoms with Crippen LogP contribution in [0.3, 0.4) is 0 Å². The molecule has 0 N–H and O–H groups in total. The van der Waals surface area contributed by atoms with Crippen LogP contribution < -0.4 is 9.47 Å². The first-order valence-corrected chi connectivity index (χ1v) is 8.37. The molecule has 3 rings (SSSR count). The van der Waals surface area contributed by atoms with E-state index in [4.69, 9.17) is 9.47 Å². The van der Waals surface area contributed by atoms with Gasteiger partial charge < -0.3 is 14.4 Å². The number of likely N-dealkylation sites (tertiary alicyclic amines) is 1. The Balaban J connectivity index is 1.45. The number of carbonyl (C=O) groups excluding carboxylic acids is 1. The minimum atomic E-state index is -0.465. The molecule has 0 atom stereocenters. The summed E-state index contributed by atoms with van der Waals surface area (Å²) in [6.45, 7) is 2.95. The molecule has 0 aliphatic carbocycles. The second kappa shape index (κ2) is 7.96. The van der Waals surface area contributed by atoms with E-state index in [2.05, 4.69) is 4.98 Å². The minimum Gasteiger partial charge on any atom is -0.481 e. The van der Waals surface area contributed by atoms with Crippen LogP contribution in [0, 0.1) is 12.7 Å². The zero-order chi connectivity index (χ0) is 17.6. The Kier molecular flexibility index (Phi) is 5.48. The maximum atomic E-state index is 13.5. The topological polar surface area (TPSA) is 51.7 Å². The summed E-state index contributed by atoms with van der Waals surface area (Å²) >= 11 is 0. The zero-order valence-electron chi connectivity index (χ0n) is 14.2. The lowest BCUT2D eigenvalue weighted by molar-refractivity contribution is -0.135. The van der Waals surface area contributed by atoms with Crippen molar-refractivity contribution in [1.82, 2.24) is 9.88 Å². The van der Waals surface area contributed by atoms with Gasteiger partial charge in [-0.25, -0.2) is 9.37 Å². The normalized spacial score (nSPS) is 15.0. The molecule has 1 aromatic heterocycles. The Morgan fingerprint density at radius 2 is 1.96 bits per heavy atom. The SMILES string of the molecule is Cc1cccc(OC2CCN(C(=O)COc3ccccc3F)CC2)n1. The Labute approximate surface area is 146 Å². The van der Waals surface area contributed by atoms with Crippen molar-refractivity contribution in [3.05, 3.63) is 54.0 Å². The van der Waals surface area contributed by atoms with Crippen molar-refractivity contribution >= 4 is 5.91 Å². The van der Waals surface area contributed by atoms with Crippen molar-refractivity contribution in [2.45, 2.75) is 25.9 Å². The number of carbonyl (C=O) groups is 1. The molecule has 1 aliphatic heterocycles. The van der Waals surface area contributed by atoms with E-state index in [0.29, 0.717) is 19.0 Å². The number of pyridine rings is 1. The van der Waals surface area contributed by atoms with E-state index in [-0.39, 0.29) is 24.4 Å². The number of piperidine rings is 1. The van der Waals surface area contributed by atoms with Gasteiger partial charge in [-0.05, 0) is 25.1 Å². The number of rotatable bonds is 5. The number of amides is 1. The van der Waals surface area contributed by atoms with Gasteiger partial charge in [-0.1, -0.05) is 18.2 Å². The fourth-order valence-corrected chi connectivity index (χ4v) is 2.77.